The maximum atomic E-state index is 11.0. The molecule has 0 fully saturated rings. The number of hydrogen-bond donors (Lipinski definition) is 1. The summed E-state index contributed by atoms with van der Waals surface area (Å²) in [6.07, 6.45) is 0. The van der Waals surface area contributed by atoms with E-state index in [2.05, 4.69) is 30.3 Å². The maximum Gasteiger partial charge on any atom is 0.310 e. The number of carbonyl (C=O) groups is 1. The van der Waals surface area contributed by atoms with Gasteiger partial charge in [0, 0.05) is 0 Å². The van der Waals surface area contributed by atoms with Crippen molar-refractivity contribution in [3.8, 4) is 11.1 Å². The van der Waals surface area contributed by atoms with Gasteiger partial charge in [-0.25, -0.2) is 0 Å². The SMILES string of the molecule is CC(C(=O)O)c1ccc(-c2ccc3ccccc3c2)cc1. The minimum Gasteiger partial charge on any atom is -0.481 e. The lowest BCUT2D eigenvalue weighted by Gasteiger charge is -2.08. The van der Waals surface area contributed by atoms with Crippen molar-refractivity contribution < 1.29 is 9.90 Å². The molecule has 0 aliphatic rings. The fourth-order valence-corrected chi connectivity index (χ4v) is 2.48. The summed E-state index contributed by atoms with van der Waals surface area (Å²) in [5, 5.41) is 11.5. The smallest absolute Gasteiger partial charge is 0.310 e. The first-order chi connectivity index (χ1) is 10.1. The van der Waals surface area contributed by atoms with Gasteiger partial charge in [-0.1, -0.05) is 60.7 Å². The number of hydrogen-bond acceptors (Lipinski definition) is 1. The molecule has 1 N–H and O–H groups in total. The van der Waals surface area contributed by atoms with Gasteiger partial charge in [-0.05, 0) is 40.5 Å². The second kappa shape index (κ2) is 5.41. The van der Waals surface area contributed by atoms with E-state index in [9.17, 15) is 4.79 Å². The van der Waals surface area contributed by atoms with Gasteiger partial charge in [0.15, 0.2) is 0 Å². The van der Waals surface area contributed by atoms with E-state index in [1.165, 1.54) is 10.8 Å². The van der Waals surface area contributed by atoms with Crippen LogP contribution >= 0.6 is 0 Å². The van der Waals surface area contributed by atoms with Crippen LogP contribution in [0.25, 0.3) is 21.9 Å². The summed E-state index contributed by atoms with van der Waals surface area (Å²) in [5.41, 5.74) is 3.07. The molecule has 0 bridgehead atoms. The van der Waals surface area contributed by atoms with Gasteiger partial charge in [-0.3, -0.25) is 4.79 Å². The average molecular weight is 276 g/mol. The summed E-state index contributed by atoms with van der Waals surface area (Å²) < 4.78 is 0. The second-order valence-electron chi connectivity index (χ2n) is 5.24. The van der Waals surface area contributed by atoms with Crippen LogP contribution in [0.3, 0.4) is 0 Å². The number of carboxylic acids is 1. The fourth-order valence-electron chi connectivity index (χ4n) is 2.48. The van der Waals surface area contributed by atoms with Gasteiger partial charge in [-0.15, -0.1) is 0 Å². The van der Waals surface area contributed by atoms with Gasteiger partial charge in [0.25, 0.3) is 0 Å². The molecule has 0 saturated carbocycles. The van der Waals surface area contributed by atoms with E-state index >= 15 is 0 Å². The van der Waals surface area contributed by atoms with Crippen LogP contribution in [0.1, 0.15) is 18.4 Å². The van der Waals surface area contributed by atoms with Crippen molar-refractivity contribution in [2.45, 2.75) is 12.8 Å². The van der Waals surface area contributed by atoms with Gasteiger partial charge >= 0.3 is 5.97 Å². The molecule has 0 aliphatic carbocycles. The fraction of sp³-hybridized carbons (Fsp3) is 0.105. The Morgan fingerprint density at radius 1 is 0.857 bits per heavy atom. The molecule has 21 heavy (non-hydrogen) atoms. The van der Waals surface area contributed by atoms with Crippen molar-refractivity contribution in [2.24, 2.45) is 0 Å². The molecule has 3 aromatic carbocycles. The zero-order valence-electron chi connectivity index (χ0n) is 11.8. The highest BCUT2D eigenvalue weighted by Gasteiger charge is 2.13. The number of carboxylic acid groups (broad SMARTS) is 1. The van der Waals surface area contributed by atoms with Crippen molar-refractivity contribution in [3.63, 3.8) is 0 Å². The first-order valence-corrected chi connectivity index (χ1v) is 6.97. The topological polar surface area (TPSA) is 37.3 Å². The third-order valence-corrected chi connectivity index (χ3v) is 3.86. The number of benzene rings is 3. The van der Waals surface area contributed by atoms with Crippen molar-refractivity contribution in [1.29, 1.82) is 0 Å². The minimum atomic E-state index is -0.798. The van der Waals surface area contributed by atoms with Gasteiger partial charge < -0.3 is 5.11 Å². The molecule has 3 rings (SSSR count). The summed E-state index contributed by atoms with van der Waals surface area (Å²) in [6.45, 7) is 1.70. The summed E-state index contributed by atoms with van der Waals surface area (Å²) in [6, 6.07) is 22.4. The lowest BCUT2D eigenvalue weighted by molar-refractivity contribution is -0.138. The Labute approximate surface area is 123 Å². The van der Waals surface area contributed by atoms with Gasteiger partial charge in [-0.2, -0.15) is 0 Å². The van der Waals surface area contributed by atoms with E-state index in [4.69, 9.17) is 5.11 Å². The third-order valence-electron chi connectivity index (χ3n) is 3.86. The Kier molecular flexibility index (Phi) is 3.44. The number of aliphatic carboxylic acids is 1. The summed E-state index contributed by atoms with van der Waals surface area (Å²) in [7, 11) is 0. The Morgan fingerprint density at radius 2 is 1.48 bits per heavy atom. The largest absolute Gasteiger partial charge is 0.481 e. The lowest BCUT2D eigenvalue weighted by atomic mass is 9.96. The zero-order valence-corrected chi connectivity index (χ0v) is 11.8. The van der Waals surface area contributed by atoms with E-state index < -0.39 is 11.9 Å². The van der Waals surface area contributed by atoms with E-state index in [0.29, 0.717) is 0 Å². The van der Waals surface area contributed by atoms with Crippen molar-refractivity contribution in [2.75, 3.05) is 0 Å². The second-order valence-corrected chi connectivity index (χ2v) is 5.24. The highest BCUT2D eigenvalue weighted by Crippen LogP contribution is 2.26. The van der Waals surface area contributed by atoms with Crippen LogP contribution in [-0.4, -0.2) is 11.1 Å². The number of fused-ring (bicyclic) bond motifs is 1. The summed E-state index contributed by atoms with van der Waals surface area (Å²) in [5.74, 6) is -1.27. The van der Waals surface area contributed by atoms with Crippen LogP contribution < -0.4 is 0 Å². The summed E-state index contributed by atoms with van der Waals surface area (Å²) in [4.78, 5) is 11.0. The molecular formula is C19H16O2. The van der Waals surface area contributed by atoms with Crippen LogP contribution in [0.5, 0.6) is 0 Å². The summed E-state index contributed by atoms with van der Waals surface area (Å²) >= 11 is 0. The third kappa shape index (κ3) is 2.65. The quantitative estimate of drug-likeness (QED) is 0.753. The monoisotopic (exact) mass is 276 g/mol. The minimum absolute atomic E-state index is 0.476. The predicted molar refractivity (Wildman–Crippen MR) is 85.4 cm³/mol. The zero-order chi connectivity index (χ0) is 14.8. The van der Waals surface area contributed by atoms with E-state index in [-0.39, 0.29) is 0 Å². The Balaban J connectivity index is 1.97. The van der Waals surface area contributed by atoms with Gasteiger partial charge in [0.2, 0.25) is 0 Å². The van der Waals surface area contributed by atoms with Crippen LogP contribution in [0.4, 0.5) is 0 Å². The molecule has 0 heterocycles. The molecule has 3 aromatic rings. The molecule has 0 aliphatic heterocycles. The van der Waals surface area contributed by atoms with Crippen molar-refractivity contribution in [3.05, 3.63) is 72.3 Å². The van der Waals surface area contributed by atoms with Crippen molar-refractivity contribution in [1.82, 2.24) is 0 Å². The molecule has 2 nitrogen and oxygen atoms in total. The highest BCUT2D eigenvalue weighted by molar-refractivity contribution is 5.87. The van der Waals surface area contributed by atoms with Crippen LogP contribution in [-0.2, 0) is 4.79 Å². The first-order valence-electron chi connectivity index (χ1n) is 6.97. The Bertz CT molecular complexity index is 788. The lowest BCUT2D eigenvalue weighted by Crippen LogP contribution is -2.06. The van der Waals surface area contributed by atoms with E-state index in [0.717, 1.165) is 16.7 Å². The normalized spacial score (nSPS) is 12.2. The standard InChI is InChI=1S/C19H16O2/c1-13(19(20)21)14-6-8-16(9-7-14)18-11-10-15-4-2-3-5-17(15)12-18/h2-13H,1H3,(H,20,21). The van der Waals surface area contributed by atoms with Gasteiger partial charge in [0.05, 0.1) is 5.92 Å². The number of rotatable bonds is 3. The average Bonchev–Trinajstić information content (AvgIpc) is 2.54. The molecular weight excluding hydrogens is 260 g/mol. The first kappa shape index (κ1) is 13.4. The molecule has 0 radical (unpaired) electrons. The predicted octanol–water partition coefficient (Wildman–Crippen LogP) is 4.69. The molecule has 2 heteroatoms. The van der Waals surface area contributed by atoms with E-state index in [1.54, 1.807) is 6.92 Å². The van der Waals surface area contributed by atoms with Crippen LogP contribution in [0, 0.1) is 0 Å². The maximum absolute atomic E-state index is 11.0. The Hall–Kier alpha value is -2.61. The highest BCUT2D eigenvalue weighted by atomic mass is 16.4. The molecule has 0 saturated heterocycles. The molecule has 1 unspecified atom stereocenters. The molecule has 0 aromatic heterocycles. The molecule has 0 amide bonds. The van der Waals surface area contributed by atoms with E-state index in [1.807, 2.05) is 36.4 Å². The van der Waals surface area contributed by atoms with Crippen LogP contribution in [0.2, 0.25) is 0 Å². The molecule has 0 spiro atoms. The van der Waals surface area contributed by atoms with Gasteiger partial charge in [0.1, 0.15) is 0 Å². The van der Waals surface area contributed by atoms with Crippen LogP contribution in [0.15, 0.2) is 66.7 Å². The Morgan fingerprint density at radius 3 is 2.14 bits per heavy atom. The molecule has 1 atom stereocenters. The van der Waals surface area contributed by atoms with Crippen molar-refractivity contribution >= 4 is 16.7 Å². The molecule has 104 valence electrons.